The smallest absolute Gasteiger partial charge is 0.260 e. The molecule has 0 aromatic heterocycles. The molecule has 1 aromatic rings. The summed E-state index contributed by atoms with van der Waals surface area (Å²) in [4.78, 5) is 24.5. The highest BCUT2D eigenvalue weighted by Gasteiger charge is 2.29. The zero-order valence-corrected chi connectivity index (χ0v) is 12.2. The first-order valence-electron chi connectivity index (χ1n) is 6.12. The van der Waals surface area contributed by atoms with Crippen molar-refractivity contribution < 1.29 is 18.7 Å². The van der Waals surface area contributed by atoms with Crippen LogP contribution in [0.3, 0.4) is 0 Å². The summed E-state index contributed by atoms with van der Waals surface area (Å²) in [6.07, 6.45) is 0.585. The largest absolute Gasteiger partial charge is 0.483 e. The highest BCUT2D eigenvalue weighted by Crippen LogP contribution is 2.25. The number of likely N-dealkylation sites (tertiary alicyclic amines) is 1. The van der Waals surface area contributed by atoms with E-state index < -0.39 is 0 Å². The van der Waals surface area contributed by atoms with E-state index in [-0.39, 0.29) is 30.2 Å². The molecule has 1 aliphatic heterocycles. The SMILES string of the molecule is NC(=O)[C@@H]1CCN(C(=O)COc2ccc(F)cc2Br)C1. The van der Waals surface area contributed by atoms with Crippen molar-refractivity contribution in [3.63, 3.8) is 0 Å². The number of benzene rings is 1. The van der Waals surface area contributed by atoms with E-state index in [1.165, 1.54) is 18.2 Å². The van der Waals surface area contributed by atoms with E-state index in [9.17, 15) is 14.0 Å². The topological polar surface area (TPSA) is 72.6 Å². The molecule has 1 atom stereocenters. The minimum absolute atomic E-state index is 0.157. The third-order valence-electron chi connectivity index (χ3n) is 3.19. The van der Waals surface area contributed by atoms with Gasteiger partial charge in [0.1, 0.15) is 11.6 Å². The molecule has 0 unspecified atom stereocenters. The van der Waals surface area contributed by atoms with E-state index in [2.05, 4.69) is 15.9 Å². The Balaban J connectivity index is 1.88. The van der Waals surface area contributed by atoms with Crippen LogP contribution < -0.4 is 10.5 Å². The molecule has 0 bridgehead atoms. The molecule has 1 aromatic carbocycles. The number of nitrogens with zero attached hydrogens (tertiary/aromatic N) is 1. The predicted octanol–water partition coefficient (Wildman–Crippen LogP) is 1.30. The third-order valence-corrected chi connectivity index (χ3v) is 3.81. The maximum absolute atomic E-state index is 12.9. The summed E-state index contributed by atoms with van der Waals surface area (Å²) < 4.78 is 18.7. The van der Waals surface area contributed by atoms with Crippen molar-refractivity contribution in [2.75, 3.05) is 19.7 Å². The number of rotatable bonds is 4. The predicted molar refractivity (Wildman–Crippen MR) is 73.5 cm³/mol. The fourth-order valence-electron chi connectivity index (χ4n) is 2.04. The van der Waals surface area contributed by atoms with Gasteiger partial charge in [-0.1, -0.05) is 0 Å². The van der Waals surface area contributed by atoms with Gasteiger partial charge in [-0.05, 0) is 40.5 Å². The molecule has 0 spiro atoms. The summed E-state index contributed by atoms with van der Waals surface area (Å²) in [5.41, 5.74) is 5.21. The lowest BCUT2D eigenvalue weighted by molar-refractivity contribution is -0.132. The number of nitrogens with two attached hydrogens (primary N) is 1. The Hall–Kier alpha value is -1.63. The van der Waals surface area contributed by atoms with Gasteiger partial charge in [-0.15, -0.1) is 0 Å². The molecule has 2 N–H and O–H groups in total. The average Bonchev–Trinajstić information content (AvgIpc) is 2.87. The van der Waals surface area contributed by atoms with E-state index in [0.29, 0.717) is 29.7 Å². The van der Waals surface area contributed by atoms with Gasteiger partial charge >= 0.3 is 0 Å². The monoisotopic (exact) mass is 344 g/mol. The second kappa shape index (κ2) is 6.21. The quantitative estimate of drug-likeness (QED) is 0.894. The fraction of sp³-hybridized carbons (Fsp3) is 0.385. The van der Waals surface area contributed by atoms with Crippen molar-refractivity contribution in [1.29, 1.82) is 0 Å². The van der Waals surface area contributed by atoms with Gasteiger partial charge < -0.3 is 15.4 Å². The molecule has 20 heavy (non-hydrogen) atoms. The molecular weight excluding hydrogens is 331 g/mol. The normalized spacial score (nSPS) is 18.1. The number of carbonyl (C=O) groups is 2. The lowest BCUT2D eigenvalue weighted by atomic mass is 10.1. The standard InChI is InChI=1S/C13H14BrFN2O3/c14-10-5-9(15)1-2-11(10)20-7-12(18)17-4-3-8(6-17)13(16)19/h1-2,5,8H,3-4,6-7H2,(H2,16,19)/t8-/m1/s1. The molecule has 2 rings (SSSR count). The van der Waals surface area contributed by atoms with Crippen LogP contribution >= 0.6 is 15.9 Å². The first-order valence-corrected chi connectivity index (χ1v) is 6.91. The Kier molecular flexibility index (Phi) is 4.59. The van der Waals surface area contributed by atoms with Crippen LogP contribution in [0.2, 0.25) is 0 Å². The van der Waals surface area contributed by atoms with Crippen LogP contribution in [0.1, 0.15) is 6.42 Å². The molecule has 1 fully saturated rings. The van der Waals surface area contributed by atoms with Crippen LogP contribution in [0.5, 0.6) is 5.75 Å². The number of carbonyl (C=O) groups excluding carboxylic acids is 2. The second-order valence-electron chi connectivity index (χ2n) is 4.59. The van der Waals surface area contributed by atoms with E-state index in [1.54, 1.807) is 4.90 Å². The van der Waals surface area contributed by atoms with E-state index >= 15 is 0 Å². The molecule has 1 aliphatic rings. The van der Waals surface area contributed by atoms with Crippen molar-refractivity contribution in [2.24, 2.45) is 11.7 Å². The Labute approximate surface area is 124 Å². The minimum Gasteiger partial charge on any atom is -0.483 e. The van der Waals surface area contributed by atoms with Gasteiger partial charge in [0.25, 0.3) is 5.91 Å². The molecule has 7 heteroatoms. The number of hydrogen-bond donors (Lipinski definition) is 1. The molecular formula is C13H14BrFN2O3. The first kappa shape index (κ1) is 14.8. The van der Waals surface area contributed by atoms with Crippen molar-refractivity contribution >= 4 is 27.7 Å². The summed E-state index contributed by atoms with van der Waals surface area (Å²) >= 11 is 3.16. The minimum atomic E-state index is -0.389. The third kappa shape index (κ3) is 3.47. The maximum Gasteiger partial charge on any atom is 0.260 e. The van der Waals surface area contributed by atoms with Crippen LogP contribution in [-0.4, -0.2) is 36.4 Å². The van der Waals surface area contributed by atoms with Gasteiger partial charge in [0.2, 0.25) is 5.91 Å². The zero-order chi connectivity index (χ0) is 14.7. The lowest BCUT2D eigenvalue weighted by Gasteiger charge is -2.16. The van der Waals surface area contributed by atoms with Gasteiger partial charge in [-0.25, -0.2) is 4.39 Å². The molecule has 108 valence electrons. The van der Waals surface area contributed by atoms with E-state index in [1.807, 2.05) is 0 Å². The van der Waals surface area contributed by atoms with Crippen molar-refractivity contribution in [1.82, 2.24) is 4.90 Å². The molecule has 1 saturated heterocycles. The summed E-state index contributed by atoms with van der Waals surface area (Å²) in [7, 11) is 0. The first-order chi connectivity index (χ1) is 9.47. The van der Waals surface area contributed by atoms with Gasteiger partial charge in [0.05, 0.1) is 10.4 Å². The summed E-state index contributed by atoms with van der Waals surface area (Å²) in [5.74, 6) is -0.881. The highest BCUT2D eigenvalue weighted by atomic mass is 79.9. The van der Waals surface area contributed by atoms with Gasteiger partial charge in [0.15, 0.2) is 6.61 Å². The van der Waals surface area contributed by atoms with E-state index in [0.717, 1.165) is 0 Å². The molecule has 1 heterocycles. The van der Waals surface area contributed by atoms with Crippen LogP contribution in [0.4, 0.5) is 4.39 Å². The lowest BCUT2D eigenvalue weighted by Crippen LogP contribution is -2.34. The highest BCUT2D eigenvalue weighted by molar-refractivity contribution is 9.10. The number of halogens is 2. The number of ether oxygens (including phenoxy) is 1. The molecule has 5 nitrogen and oxygen atoms in total. The van der Waals surface area contributed by atoms with Crippen LogP contribution in [-0.2, 0) is 9.59 Å². The Morgan fingerprint density at radius 3 is 2.85 bits per heavy atom. The van der Waals surface area contributed by atoms with Crippen molar-refractivity contribution in [3.8, 4) is 5.75 Å². The van der Waals surface area contributed by atoms with Gasteiger partial charge in [-0.3, -0.25) is 9.59 Å². The molecule has 0 saturated carbocycles. The van der Waals surface area contributed by atoms with Crippen LogP contribution in [0.15, 0.2) is 22.7 Å². The van der Waals surface area contributed by atoms with Crippen molar-refractivity contribution in [2.45, 2.75) is 6.42 Å². The Morgan fingerprint density at radius 1 is 1.50 bits per heavy atom. The van der Waals surface area contributed by atoms with Gasteiger partial charge in [-0.2, -0.15) is 0 Å². The fourth-order valence-corrected chi connectivity index (χ4v) is 2.51. The van der Waals surface area contributed by atoms with Crippen molar-refractivity contribution in [3.05, 3.63) is 28.5 Å². The van der Waals surface area contributed by atoms with Gasteiger partial charge in [0, 0.05) is 13.1 Å². The Bertz CT molecular complexity index is 538. The molecule has 0 aliphatic carbocycles. The summed E-state index contributed by atoms with van der Waals surface area (Å²) in [6.45, 7) is 0.679. The maximum atomic E-state index is 12.9. The average molecular weight is 345 g/mol. The second-order valence-corrected chi connectivity index (χ2v) is 5.45. The number of primary amides is 1. The summed E-state index contributed by atoms with van der Waals surface area (Å²) in [6, 6.07) is 3.96. The van der Waals surface area contributed by atoms with E-state index in [4.69, 9.17) is 10.5 Å². The number of hydrogen-bond acceptors (Lipinski definition) is 3. The molecule has 0 radical (unpaired) electrons. The summed E-state index contributed by atoms with van der Waals surface area (Å²) in [5, 5.41) is 0. The Morgan fingerprint density at radius 2 is 2.25 bits per heavy atom. The molecule has 2 amide bonds. The zero-order valence-electron chi connectivity index (χ0n) is 10.6. The van der Waals surface area contributed by atoms with Crippen LogP contribution in [0, 0.1) is 11.7 Å². The number of amides is 2. The van der Waals surface area contributed by atoms with Crippen LogP contribution in [0.25, 0.3) is 0 Å².